The van der Waals surface area contributed by atoms with Crippen molar-refractivity contribution in [1.29, 1.82) is 0 Å². The minimum atomic E-state index is -1.07. The molecule has 0 saturated heterocycles. The molecule has 0 spiro atoms. The maximum absolute atomic E-state index is 12.7. The first kappa shape index (κ1) is 24.3. The Morgan fingerprint density at radius 3 is 2.47 bits per heavy atom. The first-order valence-corrected chi connectivity index (χ1v) is 10.5. The number of amides is 3. The van der Waals surface area contributed by atoms with Crippen molar-refractivity contribution in [2.24, 2.45) is 5.10 Å². The molecule has 9 nitrogen and oxygen atoms in total. The summed E-state index contributed by atoms with van der Waals surface area (Å²) in [5.41, 5.74) is 3.14. The zero-order valence-electron chi connectivity index (χ0n) is 18.0. The lowest BCUT2D eigenvalue weighted by molar-refractivity contribution is -0.136. The predicted molar refractivity (Wildman–Crippen MR) is 129 cm³/mol. The quantitative estimate of drug-likeness (QED) is 0.232. The average Bonchev–Trinajstić information content (AvgIpc) is 2.83. The van der Waals surface area contributed by atoms with Crippen LogP contribution in [-0.4, -0.2) is 35.6 Å². The van der Waals surface area contributed by atoms with Crippen molar-refractivity contribution in [1.82, 2.24) is 5.43 Å². The second-order valence-electron chi connectivity index (χ2n) is 6.81. The average molecular weight is 481 g/mol. The van der Waals surface area contributed by atoms with E-state index in [0.717, 1.165) is 6.21 Å². The first-order valence-electron chi connectivity index (χ1n) is 10.1. The van der Waals surface area contributed by atoms with Gasteiger partial charge >= 0.3 is 11.8 Å². The number of halogens is 1. The number of carbonyl (C=O) groups excluding carboxylic acids is 3. The fourth-order valence-electron chi connectivity index (χ4n) is 2.81. The van der Waals surface area contributed by atoms with Crippen LogP contribution >= 0.6 is 11.6 Å². The molecule has 0 fully saturated rings. The maximum atomic E-state index is 12.7. The van der Waals surface area contributed by atoms with Crippen molar-refractivity contribution in [2.75, 3.05) is 17.2 Å². The Morgan fingerprint density at radius 2 is 1.74 bits per heavy atom. The Kier molecular flexibility index (Phi) is 8.20. The fraction of sp³-hybridized carbons (Fsp3) is 0.0833. The lowest BCUT2D eigenvalue weighted by atomic mass is 10.1. The molecule has 0 aliphatic carbocycles. The Balaban J connectivity index is 1.63. The smallest absolute Gasteiger partial charge is 0.329 e. The van der Waals surface area contributed by atoms with Crippen LogP contribution in [0.25, 0.3) is 0 Å². The van der Waals surface area contributed by atoms with E-state index in [1.165, 1.54) is 30.3 Å². The molecule has 3 aromatic carbocycles. The van der Waals surface area contributed by atoms with E-state index < -0.39 is 17.7 Å². The minimum absolute atomic E-state index is 0.0979. The van der Waals surface area contributed by atoms with Crippen LogP contribution in [0.4, 0.5) is 11.4 Å². The van der Waals surface area contributed by atoms with Gasteiger partial charge in [0.1, 0.15) is 11.5 Å². The number of anilines is 2. The number of benzene rings is 3. The van der Waals surface area contributed by atoms with Crippen molar-refractivity contribution in [3.8, 4) is 11.5 Å². The summed E-state index contributed by atoms with van der Waals surface area (Å²) in [6.45, 7) is 2.40. The number of hydrogen-bond acceptors (Lipinski definition) is 6. The zero-order valence-corrected chi connectivity index (χ0v) is 18.8. The topological polar surface area (TPSA) is 129 Å². The number of hydrazone groups is 1. The van der Waals surface area contributed by atoms with Crippen LogP contribution < -0.4 is 20.8 Å². The third kappa shape index (κ3) is 6.57. The van der Waals surface area contributed by atoms with Gasteiger partial charge in [-0.25, -0.2) is 5.43 Å². The van der Waals surface area contributed by atoms with E-state index in [2.05, 4.69) is 21.2 Å². The van der Waals surface area contributed by atoms with Gasteiger partial charge in [0.05, 0.1) is 24.1 Å². The lowest BCUT2D eigenvalue weighted by Gasteiger charge is -2.11. The van der Waals surface area contributed by atoms with Crippen LogP contribution in [0, 0.1) is 0 Å². The van der Waals surface area contributed by atoms with E-state index >= 15 is 0 Å². The molecule has 3 aromatic rings. The summed E-state index contributed by atoms with van der Waals surface area (Å²) < 4.78 is 5.37. The molecule has 174 valence electrons. The molecule has 0 bridgehead atoms. The fourth-order valence-corrected chi connectivity index (χ4v) is 2.99. The van der Waals surface area contributed by atoms with Gasteiger partial charge in [-0.2, -0.15) is 5.10 Å². The molecule has 0 saturated carbocycles. The molecule has 0 heterocycles. The number of rotatable bonds is 7. The van der Waals surface area contributed by atoms with Gasteiger partial charge in [-0.3, -0.25) is 14.4 Å². The summed E-state index contributed by atoms with van der Waals surface area (Å²) in [5, 5.41) is 18.9. The van der Waals surface area contributed by atoms with Crippen LogP contribution in [0.15, 0.2) is 71.8 Å². The molecule has 3 amide bonds. The van der Waals surface area contributed by atoms with Crippen LogP contribution in [0.2, 0.25) is 5.02 Å². The normalized spacial score (nSPS) is 10.5. The molecule has 3 rings (SSSR count). The highest BCUT2D eigenvalue weighted by molar-refractivity contribution is 6.40. The van der Waals surface area contributed by atoms with Gasteiger partial charge in [0.25, 0.3) is 5.91 Å². The number of nitrogens with one attached hydrogen (secondary N) is 3. The van der Waals surface area contributed by atoms with Gasteiger partial charge < -0.3 is 20.5 Å². The number of carbonyl (C=O) groups is 3. The van der Waals surface area contributed by atoms with E-state index in [4.69, 9.17) is 16.3 Å². The van der Waals surface area contributed by atoms with Gasteiger partial charge in [0, 0.05) is 16.3 Å². The second kappa shape index (κ2) is 11.5. The number of hydrogen-bond donors (Lipinski definition) is 4. The number of para-hydroxylation sites is 1. The lowest BCUT2D eigenvalue weighted by Crippen LogP contribution is -2.33. The van der Waals surface area contributed by atoms with Crippen LogP contribution in [0.5, 0.6) is 11.5 Å². The van der Waals surface area contributed by atoms with Crippen LogP contribution in [-0.2, 0) is 9.59 Å². The third-order valence-electron chi connectivity index (χ3n) is 4.41. The molecule has 0 aliphatic heterocycles. The van der Waals surface area contributed by atoms with E-state index in [-0.39, 0.29) is 22.6 Å². The number of phenolic OH excluding ortho intramolecular Hbond substituents is 1. The summed E-state index contributed by atoms with van der Waals surface area (Å²) in [4.78, 5) is 37.1. The molecule has 0 atom stereocenters. The van der Waals surface area contributed by atoms with Gasteiger partial charge in [-0.1, -0.05) is 23.7 Å². The molecule has 34 heavy (non-hydrogen) atoms. The van der Waals surface area contributed by atoms with Crippen molar-refractivity contribution >= 4 is 46.9 Å². The molecule has 0 radical (unpaired) electrons. The molecule has 10 heteroatoms. The van der Waals surface area contributed by atoms with Crippen LogP contribution in [0.3, 0.4) is 0 Å². The number of aromatic hydroxyl groups is 1. The second-order valence-corrected chi connectivity index (χ2v) is 7.25. The molecular formula is C24H21ClN4O5. The van der Waals surface area contributed by atoms with E-state index in [9.17, 15) is 19.5 Å². The number of ether oxygens (including phenoxy) is 1. The molecule has 4 N–H and O–H groups in total. The van der Waals surface area contributed by atoms with Gasteiger partial charge in [0.15, 0.2) is 0 Å². The van der Waals surface area contributed by atoms with Gasteiger partial charge in [-0.15, -0.1) is 0 Å². The van der Waals surface area contributed by atoms with Crippen LogP contribution in [0.1, 0.15) is 22.8 Å². The van der Waals surface area contributed by atoms with Crippen molar-refractivity contribution in [3.63, 3.8) is 0 Å². The Hall–Kier alpha value is -4.37. The number of nitrogens with zero attached hydrogens (tertiary/aromatic N) is 1. The van der Waals surface area contributed by atoms with E-state index in [1.807, 2.05) is 6.92 Å². The molecule has 0 aromatic heterocycles. The van der Waals surface area contributed by atoms with Crippen molar-refractivity contribution in [2.45, 2.75) is 6.92 Å². The SMILES string of the molecule is CCOc1ccc(NC(=O)c2ccccc2NC(=O)C(=O)N/N=C/c2cc(Cl)ccc2O)cc1. The standard InChI is InChI=1S/C24H21ClN4O5/c1-2-34-18-10-8-17(9-11-18)27-22(31)19-5-3-4-6-20(19)28-23(32)24(33)29-26-14-15-13-16(25)7-12-21(15)30/h3-14,30H,2H2,1H3,(H,27,31)(H,28,32)(H,29,33)/b26-14+. The van der Waals surface area contributed by atoms with Crippen molar-refractivity contribution in [3.05, 3.63) is 82.9 Å². The first-order chi connectivity index (χ1) is 16.4. The van der Waals surface area contributed by atoms with Crippen molar-refractivity contribution < 1.29 is 24.2 Å². The monoisotopic (exact) mass is 480 g/mol. The number of phenols is 1. The summed E-state index contributed by atoms with van der Waals surface area (Å²) in [7, 11) is 0. The van der Waals surface area contributed by atoms with Gasteiger partial charge in [-0.05, 0) is 61.5 Å². The predicted octanol–water partition coefficient (Wildman–Crippen LogP) is 3.79. The molecule has 0 aliphatic rings. The Morgan fingerprint density at radius 1 is 1.00 bits per heavy atom. The van der Waals surface area contributed by atoms with Gasteiger partial charge in [0.2, 0.25) is 0 Å². The summed E-state index contributed by atoms with van der Waals surface area (Å²) in [5.74, 6) is -2.00. The Bertz CT molecular complexity index is 1230. The minimum Gasteiger partial charge on any atom is -0.507 e. The summed E-state index contributed by atoms with van der Waals surface area (Å²) in [6.07, 6.45) is 1.14. The van der Waals surface area contributed by atoms with E-state index in [0.29, 0.717) is 23.1 Å². The summed E-state index contributed by atoms with van der Waals surface area (Å²) in [6, 6.07) is 17.4. The largest absolute Gasteiger partial charge is 0.507 e. The highest BCUT2D eigenvalue weighted by atomic mass is 35.5. The summed E-state index contributed by atoms with van der Waals surface area (Å²) >= 11 is 5.85. The highest BCUT2D eigenvalue weighted by Crippen LogP contribution is 2.21. The molecular weight excluding hydrogens is 460 g/mol. The zero-order chi connectivity index (χ0) is 24.5. The highest BCUT2D eigenvalue weighted by Gasteiger charge is 2.18. The molecule has 0 unspecified atom stereocenters. The Labute approximate surface area is 200 Å². The van der Waals surface area contributed by atoms with E-state index in [1.54, 1.807) is 36.4 Å². The maximum Gasteiger partial charge on any atom is 0.329 e. The third-order valence-corrected chi connectivity index (χ3v) is 4.64.